The summed E-state index contributed by atoms with van der Waals surface area (Å²) in [6.45, 7) is 8.84. The molecule has 2 aromatic rings. The Kier molecular flexibility index (Phi) is 7.34. The van der Waals surface area contributed by atoms with Gasteiger partial charge in [0.1, 0.15) is 0 Å². The van der Waals surface area contributed by atoms with Crippen LogP contribution in [0.15, 0.2) is 28.5 Å². The quantitative estimate of drug-likeness (QED) is 0.663. The third-order valence-electron chi connectivity index (χ3n) is 3.98. The van der Waals surface area contributed by atoms with Crippen molar-refractivity contribution < 1.29 is 13.2 Å². The molecule has 2 rings (SSSR count). The van der Waals surface area contributed by atoms with Crippen molar-refractivity contribution in [2.24, 2.45) is 0 Å². The highest BCUT2D eigenvalue weighted by molar-refractivity contribution is 7.89. The van der Waals surface area contributed by atoms with Crippen molar-refractivity contribution in [2.45, 2.75) is 39.0 Å². The molecular weight excluding hydrogens is 384 g/mol. The minimum Gasteiger partial charge on any atom is -0.384 e. The maximum Gasteiger partial charge on any atom is 0.243 e. The van der Waals surface area contributed by atoms with Crippen LogP contribution in [0.25, 0.3) is 0 Å². The van der Waals surface area contributed by atoms with Gasteiger partial charge in [0.25, 0.3) is 0 Å². The molecule has 1 heterocycles. The molecule has 1 aromatic heterocycles. The molecule has 0 radical (unpaired) electrons. The number of benzene rings is 1. The number of nitrogens with zero attached hydrogens (tertiary/aromatic N) is 2. The Morgan fingerprint density at radius 1 is 1.19 bits per heavy atom. The molecule has 0 aliphatic carbocycles. The third kappa shape index (κ3) is 5.27. The Balaban J connectivity index is 2.30. The summed E-state index contributed by atoms with van der Waals surface area (Å²) in [7, 11) is -3.60. The molecule has 1 aromatic carbocycles. The summed E-state index contributed by atoms with van der Waals surface area (Å²) in [6, 6.07) is 4.75. The number of sulfonamides is 1. The molecule has 0 spiro atoms. The lowest BCUT2D eigenvalue weighted by molar-refractivity contribution is -0.115. The highest BCUT2D eigenvalue weighted by atomic mass is 32.2. The molecule has 0 unspecified atom stereocenters. The summed E-state index contributed by atoms with van der Waals surface area (Å²) in [6.07, 6.45) is 0.142. The number of hydrogen-bond acceptors (Lipinski definition) is 6. The van der Waals surface area contributed by atoms with Crippen LogP contribution >= 0.6 is 11.3 Å². The molecule has 0 aliphatic rings. The van der Waals surface area contributed by atoms with E-state index in [0.717, 1.165) is 5.01 Å². The summed E-state index contributed by atoms with van der Waals surface area (Å²) >= 11 is 1.49. The first kappa shape index (κ1) is 21.3. The maximum atomic E-state index is 12.8. The fraction of sp³-hybridized carbons (Fsp3) is 0.444. The molecule has 1 amide bonds. The molecular formula is C18H26N4O3S2. The van der Waals surface area contributed by atoms with Gasteiger partial charge in [-0.15, -0.1) is 11.3 Å². The fourth-order valence-corrected chi connectivity index (χ4v) is 4.79. The highest BCUT2D eigenvalue weighted by Gasteiger charge is 2.23. The number of anilines is 2. The smallest absolute Gasteiger partial charge is 0.243 e. The predicted molar refractivity (Wildman–Crippen MR) is 110 cm³/mol. The van der Waals surface area contributed by atoms with Crippen molar-refractivity contribution in [1.82, 2.24) is 9.29 Å². The molecule has 7 nitrogen and oxygen atoms in total. The van der Waals surface area contributed by atoms with Gasteiger partial charge in [-0.1, -0.05) is 13.8 Å². The Labute approximate surface area is 164 Å². The monoisotopic (exact) mass is 410 g/mol. The average Bonchev–Trinajstić information content (AvgIpc) is 3.02. The van der Waals surface area contributed by atoms with E-state index in [1.54, 1.807) is 26.0 Å². The number of hydrogen-bond donors (Lipinski definition) is 2. The standard InChI is InChI=1S/C18H26N4O3S2/c1-5-19-16-9-8-15(27(24,25)22(6-2)7-3)11-17(16)21-18(23)10-14-12-26-13(4)20-14/h8-9,11-12,19H,5-7,10H2,1-4H3,(H,21,23). The van der Waals surface area contributed by atoms with Crippen LogP contribution in [0, 0.1) is 6.92 Å². The van der Waals surface area contributed by atoms with Crippen molar-refractivity contribution in [1.29, 1.82) is 0 Å². The van der Waals surface area contributed by atoms with E-state index in [1.165, 1.54) is 21.7 Å². The SMILES string of the molecule is CCNc1ccc(S(=O)(=O)N(CC)CC)cc1NC(=O)Cc1csc(C)n1. The van der Waals surface area contributed by atoms with E-state index < -0.39 is 10.0 Å². The van der Waals surface area contributed by atoms with Crippen molar-refractivity contribution in [3.05, 3.63) is 34.3 Å². The van der Waals surface area contributed by atoms with Crippen molar-refractivity contribution >= 4 is 38.6 Å². The Morgan fingerprint density at radius 2 is 1.89 bits per heavy atom. The van der Waals surface area contributed by atoms with Crippen LogP contribution in [-0.4, -0.2) is 43.2 Å². The second-order valence-corrected chi connectivity index (χ2v) is 8.91. The molecule has 27 heavy (non-hydrogen) atoms. The van der Waals surface area contributed by atoms with Crippen LogP contribution in [0.1, 0.15) is 31.5 Å². The zero-order valence-corrected chi connectivity index (χ0v) is 17.7. The maximum absolute atomic E-state index is 12.8. The molecule has 148 valence electrons. The zero-order valence-electron chi connectivity index (χ0n) is 16.1. The van der Waals surface area contributed by atoms with Crippen molar-refractivity contribution in [2.75, 3.05) is 30.3 Å². The van der Waals surface area contributed by atoms with Crippen molar-refractivity contribution in [3.8, 4) is 0 Å². The largest absolute Gasteiger partial charge is 0.384 e. The first-order valence-corrected chi connectivity index (χ1v) is 11.2. The van der Waals surface area contributed by atoms with Gasteiger partial charge in [0.05, 0.1) is 33.4 Å². The lowest BCUT2D eigenvalue weighted by Crippen LogP contribution is -2.30. The lowest BCUT2D eigenvalue weighted by Gasteiger charge is -2.20. The van der Waals surface area contributed by atoms with Gasteiger partial charge in [0, 0.05) is 25.0 Å². The minimum atomic E-state index is -3.60. The lowest BCUT2D eigenvalue weighted by atomic mass is 10.2. The van der Waals surface area contributed by atoms with Gasteiger partial charge in [0.2, 0.25) is 15.9 Å². The number of nitrogens with one attached hydrogen (secondary N) is 2. The van der Waals surface area contributed by atoms with E-state index in [0.29, 0.717) is 36.7 Å². The molecule has 2 N–H and O–H groups in total. The average molecular weight is 411 g/mol. The van der Waals surface area contributed by atoms with Gasteiger partial charge in [-0.3, -0.25) is 4.79 Å². The van der Waals surface area contributed by atoms with Crippen LogP contribution in [0.5, 0.6) is 0 Å². The molecule has 0 fully saturated rings. The minimum absolute atomic E-state index is 0.142. The van der Waals surface area contributed by atoms with Gasteiger partial charge in [0.15, 0.2) is 0 Å². The molecule has 0 saturated heterocycles. The van der Waals surface area contributed by atoms with E-state index in [4.69, 9.17) is 0 Å². The molecule has 0 aliphatic heterocycles. The van der Waals surface area contributed by atoms with E-state index in [9.17, 15) is 13.2 Å². The Morgan fingerprint density at radius 3 is 2.44 bits per heavy atom. The first-order valence-electron chi connectivity index (χ1n) is 8.90. The summed E-state index contributed by atoms with van der Waals surface area (Å²) < 4.78 is 26.9. The topological polar surface area (TPSA) is 91.4 Å². The second kappa shape index (κ2) is 9.29. The van der Waals surface area contributed by atoms with Crippen LogP contribution in [0.3, 0.4) is 0 Å². The number of thiazole rings is 1. The number of rotatable bonds is 9. The van der Waals surface area contributed by atoms with Crippen LogP contribution in [-0.2, 0) is 21.2 Å². The summed E-state index contributed by atoms with van der Waals surface area (Å²) in [4.78, 5) is 16.9. The van der Waals surface area contributed by atoms with Crippen LogP contribution < -0.4 is 10.6 Å². The van der Waals surface area contributed by atoms with Gasteiger partial charge < -0.3 is 10.6 Å². The zero-order chi connectivity index (χ0) is 20.0. The summed E-state index contributed by atoms with van der Waals surface area (Å²) in [5.74, 6) is -0.239. The molecule has 0 bridgehead atoms. The second-order valence-electron chi connectivity index (χ2n) is 5.91. The number of carbonyl (C=O) groups excluding carboxylic acids is 1. The van der Waals surface area contributed by atoms with E-state index in [1.807, 2.05) is 19.2 Å². The van der Waals surface area contributed by atoms with Gasteiger partial charge >= 0.3 is 0 Å². The van der Waals surface area contributed by atoms with E-state index in [2.05, 4.69) is 15.6 Å². The number of amides is 1. The van der Waals surface area contributed by atoms with Gasteiger partial charge in [-0.2, -0.15) is 4.31 Å². The first-order chi connectivity index (χ1) is 12.8. The summed E-state index contributed by atoms with van der Waals surface area (Å²) in [5.41, 5.74) is 1.83. The summed E-state index contributed by atoms with van der Waals surface area (Å²) in [5, 5.41) is 8.72. The van der Waals surface area contributed by atoms with Gasteiger partial charge in [-0.25, -0.2) is 13.4 Å². The third-order valence-corrected chi connectivity index (χ3v) is 6.85. The number of aryl methyl sites for hydroxylation is 1. The number of aromatic nitrogens is 1. The highest BCUT2D eigenvalue weighted by Crippen LogP contribution is 2.27. The van der Waals surface area contributed by atoms with Gasteiger partial charge in [-0.05, 0) is 32.0 Å². The Bertz CT molecular complexity index is 890. The predicted octanol–water partition coefficient (Wildman–Crippen LogP) is 3.10. The normalized spacial score (nSPS) is 11.6. The molecule has 0 atom stereocenters. The Hall–Kier alpha value is -1.97. The van der Waals surface area contributed by atoms with E-state index in [-0.39, 0.29) is 17.2 Å². The molecule has 0 saturated carbocycles. The van der Waals surface area contributed by atoms with E-state index >= 15 is 0 Å². The fourth-order valence-electron chi connectivity index (χ4n) is 2.69. The van der Waals surface area contributed by atoms with Crippen LogP contribution in [0.2, 0.25) is 0 Å². The molecule has 9 heteroatoms. The van der Waals surface area contributed by atoms with Crippen LogP contribution in [0.4, 0.5) is 11.4 Å². The number of carbonyl (C=O) groups is 1. The van der Waals surface area contributed by atoms with Crippen molar-refractivity contribution in [3.63, 3.8) is 0 Å².